The van der Waals surface area contributed by atoms with Crippen LogP contribution in [0.25, 0.3) is 0 Å². The molecule has 10 heteroatoms. The maximum Gasteiger partial charge on any atom is 0.418 e. The lowest BCUT2D eigenvalue weighted by molar-refractivity contribution is -0.138. The Morgan fingerprint density at radius 3 is 2.70 bits per heavy atom. The van der Waals surface area contributed by atoms with E-state index in [1.165, 1.54) is 0 Å². The van der Waals surface area contributed by atoms with Gasteiger partial charge in [-0.3, -0.25) is 4.79 Å². The number of nitrogens with zero attached hydrogens (tertiary/aromatic N) is 3. The van der Waals surface area contributed by atoms with Crippen molar-refractivity contribution in [1.82, 2.24) is 20.4 Å². The lowest BCUT2D eigenvalue weighted by atomic mass is 10.1. The molecule has 146 valence electrons. The summed E-state index contributed by atoms with van der Waals surface area (Å²) in [6.45, 7) is 3.63. The van der Waals surface area contributed by atoms with Crippen molar-refractivity contribution < 1.29 is 27.2 Å². The van der Waals surface area contributed by atoms with E-state index in [0.717, 1.165) is 25.0 Å². The van der Waals surface area contributed by atoms with Crippen LogP contribution in [0.4, 0.5) is 13.2 Å². The molecule has 0 spiro atoms. The number of pyridine rings is 1. The van der Waals surface area contributed by atoms with Gasteiger partial charge in [0.25, 0.3) is 5.91 Å². The molecule has 0 aliphatic heterocycles. The van der Waals surface area contributed by atoms with Gasteiger partial charge in [0.1, 0.15) is 5.69 Å². The van der Waals surface area contributed by atoms with E-state index >= 15 is 0 Å². The zero-order valence-corrected chi connectivity index (χ0v) is 14.8. The number of halogens is 3. The quantitative estimate of drug-likeness (QED) is 0.789. The van der Waals surface area contributed by atoms with Crippen LogP contribution < -0.4 is 10.1 Å². The van der Waals surface area contributed by atoms with Crippen LogP contribution in [-0.4, -0.2) is 33.7 Å². The minimum absolute atomic E-state index is 0.00138. The van der Waals surface area contributed by atoms with E-state index < -0.39 is 29.4 Å². The molecule has 27 heavy (non-hydrogen) atoms. The number of ether oxygens (including phenoxy) is 1. The van der Waals surface area contributed by atoms with Crippen LogP contribution in [0, 0.1) is 12.8 Å². The first-order valence-electron chi connectivity index (χ1n) is 8.53. The van der Waals surface area contributed by atoms with Gasteiger partial charge in [0.15, 0.2) is 5.82 Å². The van der Waals surface area contributed by atoms with Gasteiger partial charge in [-0.2, -0.15) is 18.2 Å². The number of hydrogen-bond donors (Lipinski definition) is 1. The first-order valence-corrected chi connectivity index (χ1v) is 8.53. The third-order valence-corrected chi connectivity index (χ3v) is 3.99. The van der Waals surface area contributed by atoms with Gasteiger partial charge in [-0.1, -0.05) is 5.16 Å². The normalized spacial score (nSPS) is 15.4. The molecular weight excluding hydrogens is 365 g/mol. The van der Waals surface area contributed by atoms with Crippen LogP contribution in [0.5, 0.6) is 5.88 Å². The molecule has 1 fully saturated rings. The second-order valence-electron chi connectivity index (χ2n) is 6.61. The zero-order valence-electron chi connectivity index (χ0n) is 14.8. The van der Waals surface area contributed by atoms with Gasteiger partial charge in [-0.15, -0.1) is 0 Å². The smallest absolute Gasteiger partial charge is 0.418 e. The standard InChI is InChI=1S/C17H19F3N4O3/c1-9(7-13-22-10(2)27-24-13)21-16(25)15-12(17(18,19)20)5-6-14(23-15)26-8-11-3-4-11/h5-6,9,11H,3-4,7-8H2,1-2H3,(H,21,25). The van der Waals surface area contributed by atoms with Crippen LogP contribution in [0.1, 0.15) is 47.5 Å². The summed E-state index contributed by atoms with van der Waals surface area (Å²) >= 11 is 0. The summed E-state index contributed by atoms with van der Waals surface area (Å²) in [6.07, 6.45) is -2.44. The van der Waals surface area contributed by atoms with Crippen LogP contribution >= 0.6 is 0 Å². The molecule has 1 atom stereocenters. The van der Waals surface area contributed by atoms with Crippen molar-refractivity contribution in [1.29, 1.82) is 0 Å². The Balaban J connectivity index is 1.74. The second kappa shape index (κ2) is 7.53. The van der Waals surface area contributed by atoms with Gasteiger partial charge >= 0.3 is 6.18 Å². The molecule has 1 saturated carbocycles. The van der Waals surface area contributed by atoms with Crippen molar-refractivity contribution in [3.8, 4) is 5.88 Å². The minimum Gasteiger partial charge on any atom is -0.477 e. The number of aromatic nitrogens is 3. The van der Waals surface area contributed by atoms with Gasteiger partial charge in [-0.05, 0) is 31.7 Å². The van der Waals surface area contributed by atoms with E-state index in [1.54, 1.807) is 13.8 Å². The highest BCUT2D eigenvalue weighted by Crippen LogP contribution is 2.33. The summed E-state index contributed by atoms with van der Waals surface area (Å²) in [4.78, 5) is 20.2. The monoisotopic (exact) mass is 384 g/mol. The lowest BCUT2D eigenvalue weighted by Crippen LogP contribution is -2.36. The number of alkyl halides is 3. The Bertz CT molecular complexity index is 818. The topological polar surface area (TPSA) is 90.1 Å². The van der Waals surface area contributed by atoms with Crippen LogP contribution in [-0.2, 0) is 12.6 Å². The van der Waals surface area contributed by atoms with Crippen LogP contribution in [0.3, 0.4) is 0 Å². The number of carbonyl (C=O) groups excluding carboxylic acids is 1. The molecule has 1 N–H and O–H groups in total. The molecule has 1 aliphatic carbocycles. The highest BCUT2D eigenvalue weighted by Gasteiger charge is 2.37. The number of carbonyl (C=O) groups is 1. The van der Waals surface area contributed by atoms with Crippen molar-refractivity contribution in [2.45, 2.75) is 45.3 Å². The van der Waals surface area contributed by atoms with Crippen LogP contribution in [0.2, 0.25) is 0 Å². The third kappa shape index (κ3) is 5.18. The first kappa shape index (κ1) is 19.1. The van der Waals surface area contributed by atoms with Crippen molar-refractivity contribution in [2.75, 3.05) is 6.61 Å². The minimum atomic E-state index is -4.71. The number of aryl methyl sites for hydroxylation is 1. The maximum atomic E-state index is 13.3. The second-order valence-corrected chi connectivity index (χ2v) is 6.61. The van der Waals surface area contributed by atoms with E-state index in [1.807, 2.05) is 0 Å². The van der Waals surface area contributed by atoms with Gasteiger partial charge in [0.2, 0.25) is 11.8 Å². The summed E-state index contributed by atoms with van der Waals surface area (Å²) in [5, 5.41) is 6.19. The van der Waals surface area contributed by atoms with Gasteiger partial charge in [0, 0.05) is 25.5 Å². The van der Waals surface area contributed by atoms with Crippen molar-refractivity contribution >= 4 is 5.91 Å². The summed E-state index contributed by atoms with van der Waals surface area (Å²) in [5.41, 5.74) is -1.83. The van der Waals surface area contributed by atoms with Crippen molar-refractivity contribution in [2.24, 2.45) is 5.92 Å². The average molecular weight is 384 g/mol. The number of rotatable bonds is 7. The number of nitrogens with one attached hydrogen (secondary N) is 1. The molecule has 0 saturated heterocycles. The fourth-order valence-electron chi connectivity index (χ4n) is 2.45. The maximum absolute atomic E-state index is 13.3. The fourth-order valence-corrected chi connectivity index (χ4v) is 2.45. The molecule has 1 aliphatic rings. The Hall–Kier alpha value is -2.65. The van der Waals surface area contributed by atoms with E-state index in [9.17, 15) is 18.0 Å². The highest BCUT2D eigenvalue weighted by molar-refractivity contribution is 5.94. The van der Waals surface area contributed by atoms with Gasteiger partial charge < -0.3 is 14.6 Å². The van der Waals surface area contributed by atoms with Crippen molar-refractivity contribution in [3.05, 3.63) is 35.1 Å². The summed E-state index contributed by atoms with van der Waals surface area (Å²) in [5.74, 6) is 0.189. The van der Waals surface area contributed by atoms with Crippen LogP contribution in [0.15, 0.2) is 16.7 Å². The summed E-state index contributed by atoms with van der Waals surface area (Å²) in [6, 6.07) is 1.43. The molecular formula is C17H19F3N4O3. The van der Waals surface area contributed by atoms with E-state index in [2.05, 4.69) is 20.4 Å². The Morgan fingerprint density at radius 2 is 2.11 bits per heavy atom. The predicted octanol–water partition coefficient (Wildman–Crippen LogP) is 2.94. The van der Waals surface area contributed by atoms with Crippen molar-refractivity contribution in [3.63, 3.8) is 0 Å². The highest BCUT2D eigenvalue weighted by atomic mass is 19.4. The Morgan fingerprint density at radius 1 is 1.37 bits per heavy atom. The summed E-state index contributed by atoms with van der Waals surface area (Å²) in [7, 11) is 0. The molecule has 2 heterocycles. The number of hydrogen-bond acceptors (Lipinski definition) is 6. The Kier molecular flexibility index (Phi) is 5.33. The zero-order chi connectivity index (χ0) is 19.6. The predicted molar refractivity (Wildman–Crippen MR) is 87.1 cm³/mol. The summed E-state index contributed by atoms with van der Waals surface area (Å²) < 4.78 is 50.0. The molecule has 2 aromatic heterocycles. The molecule has 7 nitrogen and oxygen atoms in total. The molecule has 1 amide bonds. The van der Waals surface area contributed by atoms with E-state index in [-0.39, 0.29) is 12.3 Å². The molecule has 2 aromatic rings. The number of amides is 1. The molecule has 0 aromatic carbocycles. The van der Waals surface area contributed by atoms with Gasteiger partial charge in [0.05, 0.1) is 12.2 Å². The third-order valence-electron chi connectivity index (χ3n) is 3.99. The largest absolute Gasteiger partial charge is 0.477 e. The average Bonchev–Trinajstić information content (AvgIpc) is 3.33. The SMILES string of the molecule is Cc1nc(CC(C)NC(=O)c2nc(OCC3CC3)ccc2C(F)(F)F)no1. The first-order chi connectivity index (χ1) is 12.7. The van der Waals surface area contributed by atoms with E-state index in [4.69, 9.17) is 9.26 Å². The molecule has 0 radical (unpaired) electrons. The molecule has 0 bridgehead atoms. The molecule has 1 unspecified atom stereocenters. The van der Waals surface area contributed by atoms with Gasteiger partial charge in [-0.25, -0.2) is 4.98 Å². The van der Waals surface area contributed by atoms with E-state index in [0.29, 0.717) is 24.2 Å². The fraction of sp³-hybridized carbons (Fsp3) is 0.529. The Labute approximate surface area is 153 Å². The molecule has 3 rings (SSSR count). The lowest BCUT2D eigenvalue weighted by Gasteiger charge is -2.16.